The number of nitrogens with zero attached hydrogens (tertiary/aromatic N) is 2. The Labute approximate surface area is 178 Å². The van der Waals surface area contributed by atoms with Gasteiger partial charge >= 0.3 is 0 Å². The Hall–Kier alpha value is -2.55. The summed E-state index contributed by atoms with van der Waals surface area (Å²) in [6, 6.07) is 12.9. The van der Waals surface area contributed by atoms with E-state index in [1.807, 2.05) is 6.07 Å². The molecule has 1 heterocycles. The van der Waals surface area contributed by atoms with E-state index >= 15 is 0 Å². The summed E-state index contributed by atoms with van der Waals surface area (Å²) >= 11 is 6.81. The van der Waals surface area contributed by atoms with E-state index in [1.165, 1.54) is 35.2 Å². The highest BCUT2D eigenvalue weighted by Gasteiger charge is 2.34. The summed E-state index contributed by atoms with van der Waals surface area (Å²) < 4.78 is 34.4. The second-order valence-electron chi connectivity index (χ2n) is 5.89. The summed E-state index contributed by atoms with van der Waals surface area (Å²) in [6.07, 6.45) is 3.18. The third kappa shape index (κ3) is 4.90. The van der Waals surface area contributed by atoms with Crippen molar-refractivity contribution in [1.82, 2.24) is 4.90 Å². The van der Waals surface area contributed by atoms with Crippen LogP contribution in [0.2, 0.25) is 5.02 Å². The molecule has 9 heteroatoms. The topological polar surface area (TPSA) is 76.0 Å². The Kier molecular flexibility index (Phi) is 6.46. The average molecular weight is 449 g/mol. The highest BCUT2D eigenvalue weighted by Crippen LogP contribution is 2.34. The number of hydrogen-bond donors (Lipinski definition) is 0. The Balaban J connectivity index is 1.98. The molecule has 0 aromatic heterocycles. The first-order valence-electron chi connectivity index (χ1n) is 8.41. The van der Waals surface area contributed by atoms with Gasteiger partial charge in [-0.2, -0.15) is 8.42 Å². The highest BCUT2D eigenvalue weighted by molar-refractivity contribution is 8.19. The number of ether oxygens (including phenoxy) is 1. The fourth-order valence-corrected chi connectivity index (χ4v) is 4.83. The van der Waals surface area contributed by atoms with Gasteiger partial charge in [0.2, 0.25) is 0 Å². The van der Waals surface area contributed by atoms with Gasteiger partial charge in [0.05, 0.1) is 16.9 Å². The number of carbonyl (C=O) groups is 1. The summed E-state index contributed by atoms with van der Waals surface area (Å²) in [4.78, 5) is 14.4. The van der Waals surface area contributed by atoms with Gasteiger partial charge in [0, 0.05) is 11.6 Å². The number of carbonyl (C=O) groups excluding carboxylic acids is 1. The maximum Gasteiger partial charge on any atom is 0.284 e. The van der Waals surface area contributed by atoms with Crippen molar-refractivity contribution in [2.45, 2.75) is 4.90 Å². The predicted octanol–water partition coefficient (Wildman–Crippen LogP) is 4.20. The molecule has 1 aliphatic heterocycles. The van der Waals surface area contributed by atoms with Crippen LogP contribution in [0.25, 0.3) is 6.08 Å². The van der Waals surface area contributed by atoms with Crippen LogP contribution in [-0.2, 0) is 14.8 Å². The Bertz CT molecular complexity index is 1110. The molecule has 3 rings (SSSR count). The number of halogens is 1. The Morgan fingerprint density at radius 1 is 1.24 bits per heavy atom. The van der Waals surface area contributed by atoms with Gasteiger partial charge in [-0.3, -0.25) is 9.69 Å². The van der Waals surface area contributed by atoms with Gasteiger partial charge in [0.1, 0.15) is 5.75 Å². The number of amides is 1. The molecule has 0 bridgehead atoms. The number of sulfonamides is 1. The summed E-state index contributed by atoms with van der Waals surface area (Å²) in [7, 11) is -2.45. The van der Waals surface area contributed by atoms with Crippen LogP contribution in [-0.4, -0.2) is 38.0 Å². The SMILES string of the molecule is C=CCN1C(=O)/C(=C/c2cccc(OC)c2)S/C1=N/S(=O)(=O)c1ccc(Cl)cc1. The minimum absolute atomic E-state index is 0.00812. The fourth-order valence-electron chi connectivity index (χ4n) is 2.51. The molecule has 0 spiro atoms. The third-order valence-electron chi connectivity index (χ3n) is 3.90. The minimum atomic E-state index is -4.01. The maximum absolute atomic E-state index is 12.8. The van der Waals surface area contributed by atoms with Crippen LogP contribution in [0.3, 0.4) is 0 Å². The van der Waals surface area contributed by atoms with Crippen molar-refractivity contribution in [1.29, 1.82) is 0 Å². The van der Waals surface area contributed by atoms with Gasteiger partial charge in [0.15, 0.2) is 5.17 Å². The third-order valence-corrected chi connectivity index (χ3v) is 6.56. The van der Waals surface area contributed by atoms with Crippen LogP contribution in [0.4, 0.5) is 0 Å². The minimum Gasteiger partial charge on any atom is -0.497 e. The normalized spacial score (nSPS) is 17.2. The lowest BCUT2D eigenvalue weighted by molar-refractivity contribution is -0.121. The van der Waals surface area contributed by atoms with Crippen LogP contribution < -0.4 is 4.74 Å². The van der Waals surface area contributed by atoms with Crippen molar-refractivity contribution in [3.63, 3.8) is 0 Å². The first kappa shape index (κ1) is 21.2. The summed E-state index contributed by atoms with van der Waals surface area (Å²) in [6.45, 7) is 3.77. The number of amidine groups is 1. The smallest absolute Gasteiger partial charge is 0.284 e. The number of thioether (sulfide) groups is 1. The van der Waals surface area contributed by atoms with E-state index in [0.29, 0.717) is 15.7 Å². The molecule has 6 nitrogen and oxygen atoms in total. The maximum atomic E-state index is 12.8. The molecule has 2 aromatic carbocycles. The van der Waals surface area contributed by atoms with E-state index in [2.05, 4.69) is 11.0 Å². The number of benzene rings is 2. The molecule has 1 fully saturated rings. The molecule has 0 N–H and O–H groups in total. The van der Waals surface area contributed by atoms with Gasteiger partial charge in [0.25, 0.3) is 15.9 Å². The van der Waals surface area contributed by atoms with Crippen molar-refractivity contribution in [3.8, 4) is 5.75 Å². The molecule has 29 heavy (non-hydrogen) atoms. The zero-order chi connectivity index (χ0) is 21.0. The standard InChI is InChI=1S/C20H17ClN2O4S2/c1-3-11-23-19(24)18(13-14-5-4-6-16(12-14)27-2)28-20(23)22-29(25,26)17-9-7-15(21)8-10-17/h3-10,12-13H,1,11H2,2H3/b18-13-,22-20+. The number of methoxy groups -OCH3 is 1. The number of rotatable bonds is 6. The average Bonchev–Trinajstić information content (AvgIpc) is 2.97. The molecule has 0 unspecified atom stereocenters. The first-order valence-corrected chi connectivity index (χ1v) is 11.0. The second-order valence-corrected chi connectivity index (χ2v) is 8.94. The molecular formula is C20H17ClN2O4S2. The van der Waals surface area contributed by atoms with Crippen molar-refractivity contribution in [2.75, 3.05) is 13.7 Å². The lowest BCUT2D eigenvalue weighted by atomic mass is 10.2. The number of hydrogen-bond acceptors (Lipinski definition) is 5. The first-order chi connectivity index (χ1) is 13.8. The van der Waals surface area contributed by atoms with Crippen molar-refractivity contribution < 1.29 is 17.9 Å². The molecule has 1 amide bonds. The van der Waals surface area contributed by atoms with E-state index < -0.39 is 10.0 Å². The fraction of sp³-hybridized carbons (Fsp3) is 0.100. The lowest BCUT2D eigenvalue weighted by Gasteiger charge is -2.12. The molecule has 0 atom stereocenters. The largest absolute Gasteiger partial charge is 0.497 e. The Morgan fingerprint density at radius 3 is 2.62 bits per heavy atom. The van der Waals surface area contributed by atoms with E-state index in [4.69, 9.17) is 16.3 Å². The van der Waals surface area contributed by atoms with Crippen molar-refractivity contribution in [3.05, 3.63) is 76.7 Å². The van der Waals surface area contributed by atoms with E-state index in [-0.39, 0.29) is 22.5 Å². The Morgan fingerprint density at radius 2 is 1.97 bits per heavy atom. The van der Waals surface area contributed by atoms with Crippen LogP contribution in [0.5, 0.6) is 5.75 Å². The zero-order valence-corrected chi connectivity index (χ0v) is 17.8. The summed E-state index contributed by atoms with van der Waals surface area (Å²) in [5.41, 5.74) is 0.751. The van der Waals surface area contributed by atoms with Gasteiger partial charge in [-0.1, -0.05) is 29.8 Å². The van der Waals surface area contributed by atoms with Crippen molar-refractivity contribution >= 4 is 50.5 Å². The van der Waals surface area contributed by atoms with Crippen LogP contribution in [0, 0.1) is 0 Å². The molecule has 1 aliphatic rings. The van der Waals surface area contributed by atoms with Gasteiger partial charge in [-0.05, 0) is 59.8 Å². The second kappa shape index (κ2) is 8.86. The van der Waals surface area contributed by atoms with E-state index in [0.717, 1.165) is 17.3 Å². The monoisotopic (exact) mass is 448 g/mol. The highest BCUT2D eigenvalue weighted by atomic mass is 35.5. The van der Waals surface area contributed by atoms with Gasteiger partial charge in [-0.25, -0.2) is 0 Å². The predicted molar refractivity (Wildman–Crippen MR) is 117 cm³/mol. The van der Waals surface area contributed by atoms with E-state index in [1.54, 1.807) is 31.4 Å². The summed E-state index contributed by atoms with van der Waals surface area (Å²) in [5.74, 6) is 0.305. The molecule has 2 aromatic rings. The molecule has 1 saturated heterocycles. The van der Waals surface area contributed by atoms with Crippen LogP contribution in [0.15, 0.2) is 75.4 Å². The zero-order valence-electron chi connectivity index (χ0n) is 15.4. The van der Waals surface area contributed by atoms with Gasteiger partial charge < -0.3 is 4.74 Å². The van der Waals surface area contributed by atoms with Crippen LogP contribution in [0.1, 0.15) is 5.56 Å². The van der Waals surface area contributed by atoms with Crippen molar-refractivity contribution in [2.24, 2.45) is 4.40 Å². The lowest BCUT2D eigenvalue weighted by Crippen LogP contribution is -2.29. The summed E-state index contributed by atoms with van der Waals surface area (Å²) in [5, 5.41) is 0.484. The molecule has 150 valence electrons. The van der Waals surface area contributed by atoms with Crippen LogP contribution >= 0.6 is 23.4 Å². The van der Waals surface area contributed by atoms with E-state index in [9.17, 15) is 13.2 Å². The quantitative estimate of drug-likeness (QED) is 0.489. The molecule has 0 radical (unpaired) electrons. The molecular weight excluding hydrogens is 432 g/mol. The molecule has 0 aliphatic carbocycles. The van der Waals surface area contributed by atoms with Gasteiger partial charge in [-0.15, -0.1) is 11.0 Å². The molecule has 0 saturated carbocycles.